The van der Waals surface area contributed by atoms with Gasteiger partial charge in [-0.3, -0.25) is 9.59 Å². The Bertz CT molecular complexity index is 1020. The molecule has 3 aromatic carbocycles. The number of nitrogens with zero attached hydrogens (tertiary/aromatic N) is 1. The number of amides is 2. The second-order valence-corrected chi connectivity index (χ2v) is 7.10. The van der Waals surface area contributed by atoms with Gasteiger partial charge in [-0.1, -0.05) is 36.4 Å². The van der Waals surface area contributed by atoms with Crippen molar-refractivity contribution in [1.82, 2.24) is 4.90 Å². The number of carbonyl (C=O) groups is 2. The predicted octanol–water partition coefficient (Wildman–Crippen LogP) is 4.55. The molecular formula is C25H26N2O4. The Morgan fingerprint density at radius 2 is 1.65 bits per heavy atom. The van der Waals surface area contributed by atoms with Crippen LogP contribution in [0, 0.1) is 0 Å². The van der Waals surface area contributed by atoms with Crippen LogP contribution < -0.4 is 14.8 Å². The lowest BCUT2D eigenvalue weighted by atomic mass is 10.1. The SMILES string of the molecule is COc1cccc(NC(=O)COc2ccc(C(=O)N(C)C(C)c3ccccc3)cc2)c1. The lowest BCUT2D eigenvalue weighted by Gasteiger charge is -2.25. The lowest BCUT2D eigenvalue weighted by molar-refractivity contribution is -0.118. The Labute approximate surface area is 182 Å². The molecule has 0 aliphatic heterocycles. The van der Waals surface area contributed by atoms with E-state index in [0.717, 1.165) is 5.56 Å². The molecule has 0 bridgehead atoms. The number of hydrogen-bond donors (Lipinski definition) is 1. The van der Waals surface area contributed by atoms with Gasteiger partial charge in [-0.25, -0.2) is 0 Å². The Balaban J connectivity index is 1.54. The first kappa shape index (κ1) is 21.9. The summed E-state index contributed by atoms with van der Waals surface area (Å²) >= 11 is 0. The maximum atomic E-state index is 12.8. The van der Waals surface area contributed by atoms with Crippen LogP contribution in [0.25, 0.3) is 0 Å². The molecule has 0 radical (unpaired) electrons. The number of benzene rings is 3. The molecule has 160 valence electrons. The summed E-state index contributed by atoms with van der Waals surface area (Å²) in [6.45, 7) is 1.85. The molecule has 3 aromatic rings. The normalized spacial score (nSPS) is 11.3. The Hall–Kier alpha value is -3.80. The van der Waals surface area contributed by atoms with Crippen LogP contribution in [-0.4, -0.2) is 37.5 Å². The zero-order valence-corrected chi connectivity index (χ0v) is 17.9. The highest BCUT2D eigenvalue weighted by Gasteiger charge is 2.18. The van der Waals surface area contributed by atoms with E-state index in [-0.39, 0.29) is 24.5 Å². The van der Waals surface area contributed by atoms with E-state index < -0.39 is 0 Å². The van der Waals surface area contributed by atoms with Crippen molar-refractivity contribution in [2.45, 2.75) is 13.0 Å². The fraction of sp³-hybridized carbons (Fsp3) is 0.200. The average Bonchev–Trinajstić information content (AvgIpc) is 2.82. The van der Waals surface area contributed by atoms with E-state index in [1.807, 2.05) is 37.3 Å². The van der Waals surface area contributed by atoms with Crippen molar-refractivity contribution < 1.29 is 19.1 Å². The Morgan fingerprint density at radius 1 is 0.935 bits per heavy atom. The quantitative estimate of drug-likeness (QED) is 0.583. The molecule has 6 heteroatoms. The van der Waals surface area contributed by atoms with Gasteiger partial charge in [0, 0.05) is 24.4 Å². The lowest BCUT2D eigenvalue weighted by Crippen LogP contribution is -2.29. The van der Waals surface area contributed by atoms with Gasteiger partial charge in [-0.05, 0) is 48.9 Å². The zero-order chi connectivity index (χ0) is 22.2. The van der Waals surface area contributed by atoms with Crippen LogP contribution in [0.3, 0.4) is 0 Å². The first-order valence-corrected chi connectivity index (χ1v) is 9.97. The molecule has 3 rings (SSSR count). The number of methoxy groups -OCH3 is 1. The van der Waals surface area contributed by atoms with Crippen molar-refractivity contribution in [2.75, 3.05) is 26.1 Å². The molecule has 1 atom stereocenters. The summed E-state index contributed by atoms with van der Waals surface area (Å²) in [6.07, 6.45) is 0. The topological polar surface area (TPSA) is 67.9 Å². The van der Waals surface area contributed by atoms with Gasteiger partial charge in [-0.2, -0.15) is 0 Å². The fourth-order valence-corrected chi connectivity index (χ4v) is 3.08. The van der Waals surface area contributed by atoms with Gasteiger partial charge in [0.05, 0.1) is 13.2 Å². The fourth-order valence-electron chi connectivity index (χ4n) is 3.08. The summed E-state index contributed by atoms with van der Waals surface area (Å²) < 4.78 is 10.7. The third kappa shape index (κ3) is 5.85. The predicted molar refractivity (Wildman–Crippen MR) is 121 cm³/mol. The first-order valence-electron chi connectivity index (χ1n) is 9.97. The highest BCUT2D eigenvalue weighted by Crippen LogP contribution is 2.22. The molecule has 0 aromatic heterocycles. The maximum Gasteiger partial charge on any atom is 0.262 e. The van der Waals surface area contributed by atoms with E-state index in [4.69, 9.17) is 9.47 Å². The van der Waals surface area contributed by atoms with Crippen molar-refractivity contribution in [2.24, 2.45) is 0 Å². The van der Waals surface area contributed by atoms with E-state index in [1.165, 1.54) is 0 Å². The monoisotopic (exact) mass is 418 g/mol. The van der Waals surface area contributed by atoms with Crippen LogP contribution in [0.5, 0.6) is 11.5 Å². The summed E-state index contributed by atoms with van der Waals surface area (Å²) in [7, 11) is 3.35. The van der Waals surface area contributed by atoms with E-state index in [1.54, 1.807) is 67.6 Å². The van der Waals surface area contributed by atoms with Crippen LogP contribution >= 0.6 is 0 Å². The number of anilines is 1. The highest BCUT2D eigenvalue weighted by molar-refractivity contribution is 5.94. The van der Waals surface area contributed by atoms with E-state index >= 15 is 0 Å². The van der Waals surface area contributed by atoms with Gasteiger partial charge in [0.2, 0.25) is 0 Å². The molecule has 0 fully saturated rings. The highest BCUT2D eigenvalue weighted by atomic mass is 16.5. The molecule has 0 aliphatic carbocycles. The molecule has 0 saturated heterocycles. The van der Waals surface area contributed by atoms with Crippen molar-refractivity contribution in [3.05, 3.63) is 90.0 Å². The molecule has 2 amide bonds. The van der Waals surface area contributed by atoms with Gasteiger partial charge in [0.15, 0.2) is 6.61 Å². The number of carbonyl (C=O) groups excluding carboxylic acids is 2. The van der Waals surface area contributed by atoms with Crippen molar-refractivity contribution in [3.63, 3.8) is 0 Å². The standard InChI is InChI=1S/C25H26N2O4/c1-18(19-8-5-4-6-9-19)27(2)25(29)20-12-14-22(15-13-20)31-17-24(28)26-21-10-7-11-23(16-21)30-3/h4-16,18H,17H2,1-3H3,(H,26,28). The molecular weight excluding hydrogens is 392 g/mol. The number of rotatable bonds is 8. The minimum atomic E-state index is -0.287. The number of nitrogens with one attached hydrogen (secondary N) is 1. The third-order valence-electron chi connectivity index (χ3n) is 5.01. The molecule has 1 N–H and O–H groups in total. The molecule has 1 unspecified atom stereocenters. The second kappa shape index (κ2) is 10.3. The minimum absolute atomic E-state index is 0.0510. The summed E-state index contributed by atoms with van der Waals surface area (Å²) in [4.78, 5) is 26.6. The summed E-state index contributed by atoms with van der Waals surface area (Å²) in [6, 6.07) is 23.7. The molecule has 6 nitrogen and oxygen atoms in total. The van der Waals surface area contributed by atoms with Gasteiger partial charge < -0.3 is 19.7 Å². The van der Waals surface area contributed by atoms with Crippen molar-refractivity contribution in [1.29, 1.82) is 0 Å². The smallest absolute Gasteiger partial charge is 0.262 e. The van der Waals surface area contributed by atoms with Crippen LogP contribution in [0.2, 0.25) is 0 Å². The molecule has 31 heavy (non-hydrogen) atoms. The van der Waals surface area contributed by atoms with Gasteiger partial charge >= 0.3 is 0 Å². The Kier molecular flexibility index (Phi) is 7.27. The van der Waals surface area contributed by atoms with Crippen LogP contribution in [0.1, 0.15) is 28.9 Å². The van der Waals surface area contributed by atoms with Crippen LogP contribution in [0.15, 0.2) is 78.9 Å². The van der Waals surface area contributed by atoms with E-state index in [2.05, 4.69) is 5.32 Å². The Morgan fingerprint density at radius 3 is 2.32 bits per heavy atom. The first-order chi connectivity index (χ1) is 15.0. The molecule has 0 saturated carbocycles. The van der Waals surface area contributed by atoms with E-state index in [0.29, 0.717) is 22.7 Å². The third-order valence-corrected chi connectivity index (χ3v) is 5.01. The summed E-state index contributed by atoms with van der Waals surface area (Å²) in [5.74, 6) is 0.796. The van der Waals surface area contributed by atoms with Crippen molar-refractivity contribution in [3.8, 4) is 11.5 Å². The van der Waals surface area contributed by atoms with Crippen LogP contribution in [0.4, 0.5) is 5.69 Å². The van der Waals surface area contributed by atoms with Gasteiger partial charge in [0.25, 0.3) is 11.8 Å². The van der Waals surface area contributed by atoms with E-state index in [9.17, 15) is 9.59 Å². The molecule has 0 spiro atoms. The molecule has 0 heterocycles. The zero-order valence-electron chi connectivity index (χ0n) is 17.9. The molecule has 0 aliphatic rings. The van der Waals surface area contributed by atoms with Gasteiger partial charge in [0.1, 0.15) is 11.5 Å². The minimum Gasteiger partial charge on any atom is -0.497 e. The van der Waals surface area contributed by atoms with Crippen molar-refractivity contribution >= 4 is 17.5 Å². The second-order valence-electron chi connectivity index (χ2n) is 7.10. The van der Waals surface area contributed by atoms with Crippen LogP contribution in [-0.2, 0) is 4.79 Å². The summed E-state index contributed by atoms with van der Waals surface area (Å²) in [5, 5.41) is 2.75. The number of hydrogen-bond acceptors (Lipinski definition) is 4. The number of ether oxygens (including phenoxy) is 2. The van der Waals surface area contributed by atoms with Gasteiger partial charge in [-0.15, -0.1) is 0 Å². The summed E-state index contributed by atoms with van der Waals surface area (Å²) in [5.41, 5.74) is 2.25. The largest absolute Gasteiger partial charge is 0.497 e. The maximum absolute atomic E-state index is 12.8. The average molecular weight is 418 g/mol.